The van der Waals surface area contributed by atoms with Gasteiger partial charge in [-0.15, -0.1) is 0 Å². The Kier molecular flexibility index (Phi) is 5.59. The molecule has 2 unspecified atom stereocenters. The number of rotatable bonds is 2. The first-order chi connectivity index (χ1) is 6.79. The van der Waals surface area contributed by atoms with Crippen LogP contribution in [0.3, 0.4) is 0 Å². The van der Waals surface area contributed by atoms with Gasteiger partial charge < -0.3 is 0 Å². The van der Waals surface area contributed by atoms with Crippen LogP contribution in [-0.2, 0) is 0 Å². The molecule has 1 heterocycles. The molecule has 0 bridgehead atoms. The number of hydrogen-bond acceptors (Lipinski definition) is 2. The zero-order valence-corrected chi connectivity index (χ0v) is 10.7. The lowest BCUT2D eigenvalue weighted by molar-refractivity contribution is 0.279. The Morgan fingerprint density at radius 3 is 2.93 bits per heavy atom. The zero-order chi connectivity index (χ0) is 10.4. The van der Waals surface area contributed by atoms with E-state index in [0.29, 0.717) is 6.04 Å². The van der Waals surface area contributed by atoms with Crippen molar-refractivity contribution in [3.8, 4) is 0 Å². The third kappa shape index (κ3) is 3.29. The fourth-order valence-corrected chi connectivity index (χ4v) is 3.12. The van der Waals surface area contributed by atoms with Gasteiger partial charge in [0.25, 0.3) is 0 Å². The van der Waals surface area contributed by atoms with Gasteiger partial charge in [-0.25, -0.2) is 3.11 Å². The van der Waals surface area contributed by atoms with Gasteiger partial charge in [0, 0.05) is 40.4 Å². The predicted molar refractivity (Wildman–Crippen MR) is 66.2 cm³/mol. The summed E-state index contributed by atoms with van der Waals surface area (Å²) >= 11 is 2.37. The molecule has 1 rings (SSSR count). The third-order valence-electron chi connectivity index (χ3n) is 2.79. The lowest BCUT2D eigenvalue weighted by Crippen LogP contribution is -2.37. The minimum Gasteiger partial charge on any atom is -0.244 e. The van der Waals surface area contributed by atoms with Crippen LogP contribution >= 0.6 is 22.9 Å². The molecule has 4 nitrogen and oxygen atoms in total. The van der Waals surface area contributed by atoms with Gasteiger partial charge in [-0.05, 0) is 24.8 Å². The number of halogens is 1. The van der Waals surface area contributed by atoms with Crippen LogP contribution in [0.4, 0.5) is 0 Å². The first-order valence-electron chi connectivity index (χ1n) is 5.26. The number of azide groups is 1. The summed E-state index contributed by atoms with van der Waals surface area (Å²) in [6, 6.07) is 0.592. The van der Waals surface area contributed by atoms with Crippen molar-refractivity contribution in [2.45, 2.75) is 51.1 Å². The predicted octanol–water partition coefficient (Wildman–Crippen LogP) is 3.67. The van der Waals surface area contributed by atoms with E-state index in [1.165, 1.54) is 19.3 Å². The average Bonchev–Trinajstić information content (AvgIpc) is 2.15. The van der Waals surface area contributed by atoms with Crippen LogP contribution in [0.1, 0.15) is 39.0 Å². The van der Waals surface area contributed by atoms with Crippen molar-refractivity contribution in [2.75, 3.05) is 6.54 Å². The van der Waals surface area contributed by atoms with Gasteiger partial charge in [-0.1, -0.05) is 24.9 Å². The minimum absolute atomic E-state index is 0.169. The molecule has 5 heteroatoms. The van der Waals surface area contributed by atoms with Crippen LogP contribution < -0.4 is 0 Å². The molecule has 0 aromatic rings. The van der Waals surface area contributed by atoms with Crippen molar-refractivity contribution in [1.29, 1.82) is 0 Å². The van der Waals surface area contributed by atoms with Crippen LogP contribution in [0, 0.1) is 0 Å². The standard InChI is InChI=1S/C9H17IN4/c1-2-9-8(12-13-11)6-4-3-5-7-14(9)10/h8-9H,2-7H2,1H3. The third-order valence-corrected chi connectivity index (χ3v) is 3.99. The zero-order valence-electron chi connectivity index (χ0n) is 8.56. The molecule has 0 aliphatic carbocycles. The van der Waals surface area contributed by atoms with E-state index in [1.54, 1.807) is 0 Å². The smallest absolute Gasteiger partial charge is 0.0537 e. The van der Waals surface area contributed by atoms with E-state index in [9.17, 15) is 0 Å². The van der Waals surface area contributed by atoms with Crippen molar-refractivity contribution in [3.63, 3.8) is 0 Å². The normalized spacial score (nSPS) is 30.1. The van der Waals surface area contributed by atoms with E-state index >= 15 is 0 Å². The quantitative estimate of drug-likeness (QED) is 0.252. The van der Waals surface area contributed by atoms with Crippen LogP contribution in [0.15, 0.2) is 5.11 Å². The summed E-state index contributed by atoms with van der Waals surface area (Å²) in [5.41, 5.74) is 8.52. The summed E-state index contributed by atoms with van der Waals surface area (Å²) in [6.07, 6.45) is 5.83. The molecule has 0 spiro atoms. The molecule has 0 aromatic heterocycles. The SMILES string of the molecule is CCC1C(N=[N+]=[N-])CCCCCN1I. The lowest BCUT2D eigenvalue weighted by Gasteiger charge is -2.31. The lowest BCUT2D eigenvalue weighted by atomic mass is 9.97. The topological polar surface area (TPSA) is 52.0 Å². The van der Waals surface area contributed by atoms with Crippen molar-refractivity contribution < 1.29 is 0 Å². The summed E-state index contributed by atoms with van der Waals surface area (Å²) in [7, 11) is 0. The molecular weight excluding hydrogens is 291 g/mol. The maximum absolute atomic E-state index is 8.52. The Morgan fingerprint density at radius 1 is 1.50 bits per heavy atom. The van der Waals surface area contributed by atoms with Crippen LogP contribution in [0.5, 0.6) is 0 Å². The maximum atomic E-state index is 8.52. The number of nitrogens with zero attached hydrogens (tertiary/aromatic N) is 4. The van der Waals surface area contributed by atoms with E-state index in [4.69, 9.17) is 5.53 Å². The summed E-state index contributed by atoms with van der Waals surface area (Å²) < 4.78 is 2.32. The Balaban J connectivity index is 2.68. The fraction of sp³-hybridized carbons (Fsp3) is 1.00. The van der Waals surface area contributed by atoms with Gasteiger partial charge in [-0.3, -0.25) is 0 Å². The Bertz CT molecular complexity index is 215. The van der Waals surface area contributed by atoms with Gasteiger partial charge in [0.1, 0.15) is 0 Å². The van der Waals surface area contributed by atoms with Crippen molar-refractivity contribution in [2.24, 2.45) is 5.11 Å². The molecule has 1 fully saturated rings. The monoisotopic (exact) mass is 308 g/mol. The van der Waals surface area contributed by atoms with Gasteiger partial charge >= 0.3 is 0 Å². The summed E-state index contributed by atoms with van der Waals surface area (Å²) in [4.78, 5) is 2.96. The van der Waals surface area contributed by atoms with E-state index < -0.39 is 0 Å². The van der Waals surface area contributed by atoms with Crippen LogP contribution in [0.25, 0.3) is 10.4 Å². The average molecular weight is 308 g/mol. The van der Waals surface area contributed by atoms with Crippen molar-refractivity contribution in [1.82, 2.24) is 3.11 Å². The second-order valence-electron chi connectivity index (χ2n) is 3.72. The first-order valence-corrected chi connectivity index (χ1v) is 6.22. The van der Waals surface area contributed by atoms with Gasteiger partial charge in [0.15, 0.2) is 0 Å². The molecule has 14 heavy (non-hydrogen) atoms. The van der Waals surface area contributed by atoms with E-state index in [2.05, 4.69) is 42.9 Å². The number of hydrogen-bond donors (Lipinski definition) is 0. The molecule has 0 radical (unpaired) electrons. The highest BCUT2D eigenvalue weighted by Crippen LogP contribution is 2.24. The minimum atomic E-state index is 0.169. The van der Waals surface area contributed by atoms with Gasteiger partial charge in [0.05, 0.1) is 6.04 Å². The van der Waals surface area contributed by atoms with Crippen molar-refractivity contribution >= 4 is 22.9 Å². The molecule has 80 valence electrons. The van der Waals surface area contributed by atoms with Crippen LogP contribution in [-0.4, -0.2) is 21.7 Å². The van der Waals surface area contributed by atoms with E-state index in [1.807, 2.05) is 0 Å². The molecule has 0 N–H and O–H groups in total. The highest BCUT2D eigenvalue weighted by atomic mass is 127. The maximum Gasteiger partial charge on any atom is 0.0537 e. The molecule has 1 aliphatic heterocycles. The highest BCUT2D eigenvalue weighted by Gasteiger charge is 2.24. The molecule has 0 amide bonds. The Labute approximate surface area is 99.2 Å². The Hall–Kier alpha value is 0. The van der Waals surface area contributed by atoms with E-state index in [0.717, 1.165) is 19.4 Å². The molecule has 0 saturated carbocycles. The van der Waals surface area contributed by atoms with Gasteiger partial charge in [-0.2, -0.15) is 0 Å². The fourth-order valence-electron chi connectivity index (χ4n) is 2.01. The van der Waals surface area contributed by atoms with Crippen LogP contribution in [0.2, 0.25) is 0 Å². The molecule has 0 aromatic carbocycles. The second-order valence-corrected chi connectivity index (χ2v) is 4.96. The van der Waals surface area contributed by atoms with Crippen molar-refractivity contribution in [3.05, 3.63) is 10.4 Å². The van der Waals surface area contributed by atoms with Gasteiger partial charge in [0.2, 0.25) is 0 Å². The molecular formula is C9H17IN4. The summed E-state index contributed by atoms with van der Waals surface area (Å²) in [5, 5.41) is 3.92. The second kappa shape index (κ2) is 6.48. The molecule has 1 aliphatic rings. The molecule has 2 atom stereocenters. The summed E-state index contributed by atoms with van der Waals surface area (Å²) in [6.45, 7) is 3.29. The van der Waals surface area contributed by atoms with E-state index in [-0.39, 0.29) is 6.04 Å². The summed E-state index contributed by atoms with van der Waals surface area (Å²) in [5.74, 6) is 0. The highest BCUT2D eigenvalue weighted by molar-refractivity contribution is 14.1. The molecule has 1 saturated heterocycles. The Morgan fingerprint density at radius 2 is 2.29 bits per heavy atom. The largest absolute Gasteiger partial charge is 0.244 e. The first kappa shape index (κ1) is 12.1.